The Balaban J connectivity index is 1.61. The van der Waals surface area contributed by atoms with Gasteiger partial charge >= 0.3 is 0 Å². The van der Waals surface area contributed by atoms with E-state index < -0.39 is 0 Å². The minimum atomic E-state index is -0.275. The van der Waals surface area contributed by atoms with Crippen LogP contribution < -0.4 is 9.64 Å². The number of benzene rings is 3. The Labute approximate surface area is 211 Å². The van der Waals surface area contributed by atoms with Crippen molar-refractivity contribution in [1.29, 1.82) is 0 Å². The molecule has 2 fully saturated rings. The van der Waals surface area contributed by atoms with Crippen molar-refractivity contribution in [3.63, 3.8) is 0 Å². The molecule has 5 heteroatoms. The zero-order valence-corrected chi connectivity index (χ0v) is 21.7. The zero-order valence-electron chi connectivity index (χ0n) is 20.1. The molecule has 0 unspecified atom stereocenters. The summed E-state index contributed by atoms with van der Waals surface area (Å²) in [4.78, 5) is 9.44. The lowest BCUT2D eigenvalue weighted by molar-refractivity contribution is 0.414. The fourth-order valence-corrected chi connectivity index (χ4v) is 9.50. The Hall–Kier alpha value is -2.37. The third kappa shape index (κ3) is 3.24. The molecule has 0 N–H and O–H groups in total. The molecule has 34 heavy (non-hydrogen) atoms. The summed E-state index contributed by atoms with van der Waals surface area (Å²) in [5.74, 6) is 1.40. The molecule has 6 rings (SSSR count). The predicted octanol–water partition coefficient (Wildman–Crippen LogP) is 7.36. The lowest BCUT2D eigenvalue weighted by Crippen LogP contribution is -2.48. The Morgan fingerprint density at radius 2 is 1.68 bits per heavy atom. The number of rotatable bonds is 4. The number of hydrogen-bond acceptors (Lipinski definition) is 5. The first kappa shape index (κ1) is 22.1. The van der Waals surface area contributed by atoms with Crippen LogP contribution in [0, 0.1) is 5.92 Å². The van der Waals surface area contributed by atoms with Gasteiger partial charge in [0, 0.05) is 16.5 Å². The standard InChI is InChI=1S/C29H30N2OS2/c1-27(2,3)30-26-28(21-14-16-23(32-4)17-15-21)19-22-18-20-10-8-9-13-25(20)31(28)29(22,34-26)33-24-11-6-5-7-12-24/h5-17,22H,18-19H2,1-4H3/t22-,28+,29+/m0/s1. The second kappa shape index (κ2) is 7.82. The van der Waals surface area contributed by atoms with Gasteiger partial charge in [-0.15, -0.1) is 0 Å². The summed E-state index contributed by atoms with van der Waals surface area (Å²) in [7, 11) is 1.73. The molecule has 3 atom stereocenters. The van der Waals surface area contributed by atoms with Crippen LogP contribution in [0.5, 0.6) is 5.75 Å². The molecule has 3 aliphatic rings. The Kier molecular flexibility index (Phi) is 5.09. The van der Waals surface area contributed by atoms with E-state index in [-0.39, 0.29) is 15.3 Å². The van der Waals surface area contributed by atoms with Crippen molar-refractivity contribution in [3.05, 3.63) is 90.0 Å². The largest absolute Gasteiger partial charge is 0.497 e. The van der Waals surface area contributed by atoms with Crippen molar-refractivity contribution in [2.75, 3.05) is 12.0 Å². The highest BCUT2D eigenvalue weighted by Crippen LogP contribution is 2.73. The number of methoxy groups -OCH3 is 1. The summed E-state index contributed by atoms with van der Waals surface area (Å²) in [6.07, 6.45) is 2.16. The van der Waals surface area contributed by atoms with Crippen LogP contribution in [0.4, 0.5) is 5.69 Å². The molecule has 0 aromatic heterocycles. The molecule has 3 nitrogen and oxygen atoms in total. The van der Waals surface area contributed by atoms with Crippen LogP contribution in [-0.4, -0.2) is 21.9 Å². The summed E-state index contributed by atoms with van der Waals surface area (Å²) in [6.45, 7) is 6.63. The molecule has 0 amide bonds. The highest BCUT2D eigenvalue weighted by molar-refractivity contribution is 8.27. The summed E-state index contributed by atoms with van der Waals surface area (Å²) in [5, 5.41) is 1.24. The van der Waals surface area contributed by atoms with Gasteiger partial charge in [-0.05, 0) is 75.1 Å². The fraction of sp³-hybridized carbons (Fsp3) is 0.345. The van der Waals surface area contributed by atoms with Gasteiger partial charge in [-0.1, -0.05) is 72.1 Å². The number of anilines is 1. The number of nitrogens with zero attached hydrogens (tertiary/aromatic N) is 2. The Morgan fingerprint density at radius 3 is 2.38 bits per heavy atom. The average Bonchev–Trinajstić information content (AvgIpc) is 3.16. The van der Waals surface area contributed by atoms with E-state index in [1.165, 1.54) is 26.8 Å². The first-order valence-corrected chi connectivity index (χ1v) is 13.6. The van der Waals surface area contributed by atoms with Crippen molar-refractivity contribution in [3.8, 4) is 5.75 Å². The number of thioether (sulfide) groups is 2. The van der Waals surface area contributed by atoms with Crippen molar-refractivity contribution in [2.24, 2.45) is 10.9 Å². The van der Waals surface area contributed by atoms with Gasteiger partial charge in [0.25, 0.3) is 0 Å². The first-order chi connectivity index (χ1) is 16.4. The summed E-state index contributed by atoms with van der Waals surface area (Å²) < 4.78 is 5.38. The van der Waals surface area contributed by atoms with Gasteiger partial charge < -0.3 is 9.64 Å². The van der Waals surface area contributed by atoms with Crippen LogP contribution in [0.1, 0.15) is 38.3 Å². The van der Waals surface area contributed by atoms with Crippen molar-refractivity contribution in [2.45, 2.75) is 53.8 Å². The fourth-order valence-electron chi connectivity index (χ4n) is 5.77. The molecule has 2 saturated heterocycles. The number of para-hydroxylation sites is 1. The molecule has 4 bridgehead atoms. The quantitative estimate of drug-likeness (QED) is 0.384. The molecule has 0 saturated carbocycles. The Morgan fingerprint density at radius 1 is 0.971 bits per heavy atom. The Bertz CT molecular complexity index is 1250. The maximum atomic E-state index is 5.50. The van der Waals surface area contributed by atoms with Crippen molar-refractivity contribution in [1.82, 2.24) is 0 Å². The predicted molar refractivity (Wildman–Crippen MR) is 145 cm³/mol. The van der Waals surface area contributed by atoms with Crippen LogP contribution in [0.3, 0.4) is 0 Å². The number of hydrogen-bond donors (Lipinski definition) is 0. The van der Waals surface area contributed by atoms with Crippen LogP contribution in [0.15, 0.2) is 88.8 Å². The molecule has 3 aromatic rings. The third-order valence-electron chi connectivity index (χ3n) is 7.06. The normalized spacial score (nSPS) is 28.3. The van der Waals surface area contributed by atoms with Crippen molar-refractivity contribution < 1.29 is 4.74 Å². The second-order valence-electron chi connectivity index (χ2n) is 10.4. The molecule has 0 spiro atoms. The van der Waals surface area contributed by atoms with Gasteiger partial charge in [-0.3, -0.25) is 4.99 Å². The zero-order chi connectivity index (χ0) is 23.6. The van der Waals surface area contributed by atoms with Gasteiger partial charge in [0.15, 0.2) is 0 Å². The van der Waals surface area contributed by atoms with Gasteiger partial charge in [0.2, 0.25) is 0 Å². The lowest BCUT2D eigenvalue weighted by Gasteiger charge is -2.44. The molecule has 3 heterocycles. The van der Waals surface area contributed by atoms with Gasteiger partial charge in [-0.2, -0.15) is 0 Å². The maximum absolute atomic E-state index is 5.50. The van der Waals surface area contributed by atoms with E-state index in [1.807, 2.05) is 23.5 Å². The van der Waals surface area contributed by atoms with Gasteiger partial charge in [-0.25, -0.2) is 0 Å². The SMILES string of the molecule is COc1ccc([C@@]23C[C@@H]4Cc5ccccc5N2[C@]4(Sc2ccccc2)SC3=NC(C)(C)C)cc1. The monoisotopic (exact) mass is 486 g/mol. The van der Waals surface area contributed by atoms with E-state index in [2.05, 4.69) is 105 Å². The summed E-state index contributed by atoms with van der Waals surface area (Å²) >= 11 is 4.01. The maximum Gasteiger partial charge on any atom is 0.147 e. The van der Waals surface area contributed by atoms with E-state index in [0.29, 0.717) is 5.92 Å². The van der Waals surface area contributed by atoms with Gasteiger partial charge in [0.1, 0.15) is 20.5 Å². The first-order valence-electron chi connectivity index (χ1n) is 11.9. The van der Waals surface area contributed by atoms with Crippen LogP contribution in [0.2, 0.25) is 0 Å². The summed E-state index contributed by atoms with van der Waals surface area (Å²) in [5.41, 5.74) is 3.67. The molecule has 3 aromatic carbocycles. The third-order valence-corrected chi connectivity index (χ3v) is 10.3. The van der Waals surface area contributed by atoms with E-state index in [1.54, 1.807) is 7.11 Å². The number of aliphatic imine (C=N–C) groups is 1. The van der Waals surface area contributed by atoms with E-state index in [9.17, 15) is 0 Å². The van der Waals surface area contributed by atoms with E-state index in [4.69, 9.17) is 9.73 Å². The van der Waals surface area contributed by atoms with Gasteiger partial charge in [0.05, 0.1) is 12.6 Å². The molecular weight excluding hydrogens is 456 g/mol. The highest BCUT2D eigenvalue weighted by Gasteiger charge is 2.72. The van der Waals surface area contributed by atoms with Crippen LogP contribution in [0.25, 0.3) is 0 Å². The average molecular weight is 487 g/mol. The summed E-state index contributed by atoms with van der Waals surface area (Å²) in [6, 6.07) is 28.6. The minimum absolute atomic E-state index is 0.125. The van der Waals surface area contributed by atoms with Crippen LogP contribution in [-0.2, 0) is 12.0 Å². The van der Waals surface area contributed by atoms with E-state index >= 15 is 0 Å². The second-order valence-corrected chi connectivity index (χ2v) is 13.2. The lowest BCUT2D eigenvalue weighted by atomic mass is 9.84. The molecular formula is C29H30N2OS2. The minimum Gasteiger partial charge on any atom is -0.497 e. The highest BCUT2D eigenvalue weighted by atomic mass is 32.2. The number of ether oxygens (including phenoxy) is 1. The molecule has 3 aliphatic heterocycles. The number of fused-ring (bicyclic) bond motifs is 1. The smallest absolute Gasteiger partial charge is 0.147 e. The van der Waals surface area contributed by atoms with E-state index in [0.717, 1.165) is 18.6 Å². The van der Waals surface area contributed by atoms with Crippen LogP contribution >= 0.6 is 23.5 Å². The molecule has 174 valence electrons. The molecule has 0 radical (unpaired) electrons. The topological polar surface area (TPSA) is 24.8 Å². The van der Waals surface area contributed by atoms with Crippen molar-refractivity contribution >= 4 is 34.3 Å². The molecule has 0 aliphatic carbocycles.